The van der Waals surface area contributed by atoms with Crippen LogP contribution in [0.3, 0.4) is 0 Å². The molecule has 50 heavy (non-hydrogen) atoms. The monoisotopic (exact) mass is 774 g/mol. The van der Waals surface area contributed by atoms with Gasteiger partial charge in [-0.1, -0.05) is 141 Å². The molecule has 0 saturated heterocycles. The van der Waals surface area contributed by atoms with Gasteiger partial charge in [-0.05, 0) is 125 Å². The molecule has 5 aromatic rings. The molecule has 0 nitrogen and oxygen atoms in total. The smallest absolute Gasteiger partial charge is 0.125 e. The van der Waals surface area contributed by atoms with E-state index in [1.54, 1.807) is 0 Å². The van der Waals surface area contributed by atoms with Crippen LogP contribution in [0.2, 0.25) is 53.3 Å². The van der Waals surface area contributed by atoms with Gasteiger partial charge in [0, 0.05) is 11.1 Å². The minimum atomic E-state index is -2.08. The molecular weight excluding hydrogens is 726 g/mol. The highest BCUT2D eigenvalue weighted by Gasteiger charge is 2.43. The van der Waals surface area contributed by atoms with Gasteiger partial charge in [0.15, 0.2) is 0 Å². The van der Waals surface area contributed by atoms with Crippen LogP contribution in [0.4, 0.5) is 0 Å². The minimum Gasteiger partial charge on any atom is -0.125 e. The topological polar surface area (TPSA) is 0 Å². The van der Waals surface area contributed by atoms with Gasteiger partial charge in [-0.15, -0.1) is 11.1 Å². The molecule has 0 amide bonds. The summed E-state index contributed by atoms with van der Waals surface area (Å²) in [5.74, 6) is 7.81. The largest absolute Gasteiger partial charge is 0.146 e. The number of hydrogen-bond donors (Lipinski definition) is 0. The van der Waals surface area contributed by atoms with Crippen molar-refractivity contribution in [1.29, 1.82) is 0 Å². The molecule has 0 bridgehead atoms. The molecule has 0 saturated carbocycles. The highest BCUT2D eigenvalue weighted by molar-refractivity contribution is 6.91. The Kier molecular flexibility index (Phi) is 11.5. The van der Waals surface area contributed by atoms with Gasteiger partial charge >= 0.3 is 0 Å². The number of rotatable bonds is 6. The summed E-state index contributed by atoms with van der Waals surface area (Å²) < 4.78 is 0. The summed E-state index contributed by atoms with van der Waals surface area (Å²) in [5.41, 5.74) is 13.2. The molecule has 5 aromatic carbocycles. The lowest BCUT2D eigenvalue weighted by Crippen LogP contribution is -2.43. The standard InChI is InChI=1S/C44H50Cl4Si2/c1-25(2)49(26(3)4,27(5)6)15-13-35-37-17-31-21-41(45)43(47)23-33(31)19-39(37)36(14-16-50(28(7)8,29(9)10)30(11)12)40-20-34-24-44(48)42(46)22-32(34)18-38(35)40/h17-30H,1-12H3. The Morgan fingerprint density at radius 2 is 0.560 bits per heavy atom. The van der Waals surface area contributed by atoms with Crippen LogP contribution in [-0.4, -0.2) is 16.1 Å². The third kappa shape index (κ3) is 6.64. The van der Waals surface area contributed by atoms with Crippen LogP contribution in [0, 0.1) is 22.9 Å². The van der Waals surface area contributed by atoms with Gasteiger partial charge in [-0.2, -0.15) is 0 Å². The quantitative estimate of drug-likeness (QED) is 0.0915. The Morgan fingerprint density at radius 3 is 0.740 bits per heavy atom. The Labute approximate surface area is 322 Å². The average Bonchev–Trinajstić information content (AvgIpc) is 3.01. The van der Waals surface area contributed by atoms with Crippen LogP contribution in [0.5, 0.6) is 0 Å². The fraction of sp³-hybridized carbons (Fsp3) is 0.409. The number of hydrogen-bond acceptors (Lipinski definition) is 0. The third-order valence-electron chi connectivity index (χ3n) is 11.6. The van der Waals surface area contributed by atoms with Gasteiger partial charge in [0.05, 0.1) is 20.1 Å². The van der Waals surface area contributed by atoms with Gasteiger partial charge in [-0.3, -0.25) is 0 Å². The molecule has 0 aliphatic heterocycles. The van der Waals surface area contributed by atoms with Crippen LogP contribution in [0.1, 0.15) is 94.2 Å². The van der Waals surface area contributed by atoms with Crippen molar-refractivity contribution in [1.82, 2.24) is 0 Å². The fourth-order valence-corrected chi connectivity index (χ4v) is 20.3. The van der Waals surface area contributed by atoms with E-state index >= 15 is 0 Å². The van der Waals surface area contributed by atoms with Gasteiger partial charge < -0.3 is 0 Å². The van der Waals surface area contributed by atoms with Crippen LogP contribution < -0.4 is 0 Å². The van der Waals surface area contributed by atoms with Crippen molar-refractivity contribution in [3.05, 3.63) is 79.7 Å². The second-order valence-corrected chi connectivity index (χ2v) is 28.9. The molecular formula is C44H50Cl4Si2. The second-order valence-electron chi connectivity index (χ2n) is 16.1. The van der Waals surface area contributed by atoms with E-state index in [1.807, 2.05) is 24.3 Å². The summed E-state index contributed by atoms with van der Waals surface area (Å²) >= 11 is 26.5. The fourth-order valence-electron chi connectivity index (χ4n) is 9.18. The van der Waals surface area contributed by atoms with Gasteiger partial charge in [-0.25, -0.2) is 0 Å². The summed E-state index contributed by atoms with van der Waals surface area (Å²) in [6.07, 6.45) is 0. The Hall–Kier alpha value is -2.15. The number of halogens is 4. The van der Waals surface area contributed by atoms with Crippen LogP contribution in [0.15, 0.2) is 48.5 Å². The predicted molar refractivity (Wildman–Crippen MR) is 232 cm³/mol. The van der Waals surface area contributed by atoms with Gasteiger partial charge in [0.25, 0.3) is 0 Å². The summed E-state index contributed by atoms with van der Waals surface area (Å²) in [7, 11) is -4.15. The van der Waals surface area contributed by atoms with Gasteiger partial charge in [0.2, 0.25) is 0 Å². The van der Waals surface area contributed by atoms with Crippen molar-refractivity contribution in [2.75, 3.05) is 0 Å². The Bertz CT molecular complexity index is 1940. The molecule has 0 N–H and O–H groups in total. The van der Waals surface area contributed by atoms with Crippen molar-refractivity contribution in [3.8, 4) is 22.9 Å². The van der Waals surface area contributed by atoms with E-state index in [1.165, 1.54) is 0 Å². The van der Waals surface area contributed by atoms with Crippen molar-refractivity contribution in [2.45, 2.75) is 116 Å². The number of fused-ring (bicyclic) bond motifs is 4. The maximum absolute atomic E-state index is 6.62. The highest BCUT2D eigenvalue weighted by atomic mass is 35.5. The Balaban J connectivity index is 2.09. The predicted octanol–water partition coefficient (Wildman–Crippen LogP) is 16.1. The first kappa shape index (κ1) is 39.1. The Morgan fingerprint density at radius 1 is 0.360 bits per heavy atom. The van der Waals surface area contributed by atoms with E-state index in [4.69, 9.17) is 46.4 Å². The molecule has 262 valence electrons. The van der Waals surface area contributed by atoms with E-state index in [2.05, 4.69) is 130 Å². The zero-order valence-corrected chi connectivity index (χ0v) is 36.6. The summed E-state index contributed by atoms with van der Waals surface area (Å²) in [6, 6.07) is 16.9. The molecule has 0 fully saturated rings. The zero-order valence-electron chi connectivity index (χ0n) is 31.6. The summed E-state index contributed by atoms with van der Waals surface area (Å²) in [6.45, 7) is 28.4. The van der Waals surface area contributed by atoms with Crippen LogP contribution >= 0.6 is 46.4 Å². The van der Waals surface area contributed by atoms with E-state index < -0.39 is 16.1 Å². The van der Waals surface area contributed by atoms with Crippen molar-refractivity contribution >= 4 is 106 Å². The lowest BCUT2D eigenvalue weighted by molar-refractivity contribution is 0.838. The number of benzene rings is 5. The molecule has 0 spiro atoms. The molecule has 0 aliphatic carbocycles. The molecule has 0 aromatic heterocycles. The first-order valence-corrected chi connectivity index (χ1v) is 24.0. The average molecular weight is 777 g/mol. The van der Waals surface area contributed by atoms with E-state index in [0.717, 1.165) is 54.2 Å². The first-order valence-electron chi connectivity index (χ1n) is 18.0. The lowest BCUT2D eigenvalue weighted by atomic mass is 9.89. The minimum absolute atomic E-state index is 0.502. The van der Waals surface area contributed by atoms with E-state index in [-0.39, 0.29) is 0 Å². The summed E-state index contributed by atoms with van der Waals surface area (Å²) in [5, 5.41) is 10.6. The zero-order chi connectivity index (χ0) is 37.0. The van der Waals surface area contributed by atoms with Crippen molar-refractivity contribution in [2.24, 2.45) is 0 Å². The first-order chi connectivity index (χ1) is 23.4. The second kappa shape index (κ2) is 14.7. The molecule has 0 aliphatic rings. The van der Waals surface area contributed by atoms with Crippen molar-refractivity contribution < 1.29 is 0 Å². The SMILES string of the molecule is CC(C)[Si](C#Cc1c2cc3cc(Cl)c(Cl)cc3cc2c(C#C[Si](C(C)C)(C(C)C)C(C)C)c2cc3cc(Cl)c(Cl)cc3cc12)(C(C)C)C(C)C. The lowest BCUT2D eigenvalue weighted by Gasteiger charge is -2.38. The normalized spacial score (nSPS) is 12.8. The summed E-state index contributed by atoms with van der Waals surface area (Å²) in [4.78, 5) is 0. The molecule has 0 radical (unpaired) electrons. The van der Waals surface area contributed by atoms with E-state index in [0.29, 0.717) is 53.3 Å². The highest BCUT2D eigenvalue weighted by Crippen LogP contribution is 2.44. The van der Waals surface area contributed by atoms with Crippen molar-refractivity contribution in [3.63, 3.8) is 0 Å². The maximum Gasteiger partial charge on any atom is 0.146 e. The molecule has 0 atom stereocenters. The molecule has 0 unspecified atom stereocenters. The molecule has 5 rings (SSSR count). The molecule has 0 heterocycles. The molecule has 6 heteroatoms. The van der Waals surface area contributed by atoms with Crippen LogP contribution in [0.25, 0.3) is 43.1 Å². The van der Waals surface area contributed by atoms with Crippen LogP contribution in [-0.2, 0) is 0 Å². The van der Waals surface area contributed by atoms with Gasteiger partial charge in [0.1, 0.15) is 16.1 Å². The maximum atomic E-state index is 6.62. The van der Waals surface area contributed by atoms with E-state index in [9.17, 15) is 0 Å². The third-order valence-corrected chi connectivity index (χ3v) is 25.7.